The number of benzene rings is 1. The van der Waals surface area contributed by atoms with Crippen LogP contribution in [0.15, 0.2) is 36.5 Å². The van der Waals surface area contributed by atoms with E-state index in [-0.39, 0.29) is 0 Å². The van der Waals surface area contributed by atoms with Crippen molar-refractivity contribution < 1.29 is 4.74 Å². The maximum absolute atomic E-state index is 5.60. The number of nitrogens with zero attached hydrogens (tertiary/aromatic N) is 2. The van der Waals surface area contributed by atoms with Crippen LogP contribution in [0.1, 0.15) is 25.3 Å². The predicted octanol–water partition coefficient (Wildman–Crippen LogP) is 3.37. The Labute approximate surface area is 131 Å². The predicted molar refractivity (Wildman–Crippen MR) is 88.6 cm³/mol. The van der Waals surface area contributed by atoms with Gasteiger partial charge in [0, 0.05) is 25.0 Å². The minimum atomic E-state index is 0.299. The Morgan fingerprint density at radius 2 is 2.09 bits per heavy atom. The number of nitrogens with one attached hydrogen (secondary N) is 2. The number of rotatable bonds is 6. The van der Waals surface area contributed by atoms with Gasteiger partial charge < -0.3 is 15.4 Å². The topological polar surface area (TPSA) is 59.1 Å². The van der Waals surface area contributed by atoms with Crippen molar-refractivity contribution in [2.45, 2.75) is 32.3 Å². The molecule has 0 spiro atoms. The maximum atomic E-state index is 5.60. The molecule has 1 aromatic heterocycles. The first-order valence-electron chi connectivity index (χ1n) is 7.88. The van der Waals surface area contributed by atoms with Gasteiger partial charge in [-0.3, -0.25) is 0 Å². The van der Waals surface area contributed by atoms with Gasteiger partial charge in [0.15, 0.2) is 0 Å². The number of hydrogen-bond donors (Lipinski definition) is 2. The van der Waals surface area contributed by atoms with E-state index in [1.54, 1.807) is 6.20 Å². The molecule has 1 saturated heterocycles. The molecule has 116 valence electrons. The molecular formula is C17H22N4O. The van der Waals surface area contributed by atoms with Gasteiger partial charge in [0.25, 0.3) is 0 Å². The Hall–Kier alpha value is -2.14. The molecule has 1 unspecified atom stereocenters. The highest BCUT2D eigenvalue weighted by molar-refractivity contribution is 5.55. The quantitative estimate of drug-likeness (QED) is 0.856. The van der Waals surface area contributed by atoms with Gasteiger partial charge in [-0.2, -0.15) is 4.98 Å². The molecule has 0 aliphatic carbocycles. The molecule has 5 nitrogen and oxygen atoms in total. The molecule has 1 aliphatic rings. The molecule has 2 N–H and O–H groups in total. The molecule has 0 bridgehead atoms. The third-order valence-electron chi connectivity index (χ3n) is 3.81. The second kappa shape index (κ2) is 7.22. The van der Waals surface area contributed by atoms with E-state index in [9.17, 15) is 0 Å². The number of anilines is 3. The van der Waals surface area contributed by atoms with Crippen molar-refractivity contribution in [3.63, 3.8) is 0 Å². The van der Waals surface area contributed by atoms with Gasteiger partial charge in [0.1, 0.15) is 5.82 Å². The number of hydrogen-bond acceptors (Lipinski definition) is 5. The standard InChI is InChI=1S/C17H22N4O/c1-2-13-5-7-14(8-6-13)20-17-18-10-9-16(21-17)19-12-15-4-3-11-22-15/h5-10,15H,2-4,11-12H2,1H3,(H2,18,19,20,21). The van der Waals surface area contributed by atoms with E-state index in [1.807, 2.05) is 6.07 Å². The fourth-order valence-electron chi connectivity index (χ4n) is 2.49. The average Bonchev–Trinajstić information content (AvgIpc) is 3.08. The van der Waals surface area contributed by atoms with Crippen molar-refractivity contribution in [2.75, 3.05) is 23.8 Å². The largest absolute Gasteiger partial charge is 0.376 e. The molecule has 5 heteroatoms. The van der Waals surface area contributed by atoms with Crippen LogP contribution in [0.25, 0.3) is 0 Å². The van der Waals surface area contributed by atoms with Crippen molar-refractivity contribution in [1.29, 1.82) is 0 Å². The summed E-state index contributed by atoms with van der Waals surface area (Å²) in [7, 11) is 0. The molecule has 1 fully saturated rings. The highest BCUT2D eigenvalue weighted by Gasteiger charge is 2.15. The molecule has 0 radical (unpaired) electrons. The molecule has 3 rings (SSSR count). The van der Waals surface area contributed by atoms with Gasteiger partial charge in [-0.15, -0.1) is 0 Å². The summed E-state index contributed by atoms with van der Waals surface area (Å²) in [5.41, 5.74) is 2.31. The summed E-state index contributed by atoms with van der Waals surface area (Å²) in [5.74, 6) is 1.42. The molecule has 1 atom stereocenters. The van der Waals surface area contributed by atoms with Gasteiger partial charge in [-0.05, 0) is 43.0 Å². The van der Waals surface area contributed by atoms with Crippen LogP contribution in [0, 0.1) is 0 Å². The molecule has 22 heavy (non-hydrogen) atoms. The van der Waals surface area contributed by atoms with Crippen molar-refractivity contribution in [3.05, 3.63) is 42.1 Å². The smallest absolute Gasteiger partial charge is 0.229 e. The van der Waals surface area contributed by atoms with Crippen LogP contribution in [0.3, 0.4) is 0 Å². The van der Waals surface area contributed by atoms with E-state index >= 15 is 0 Å². The second-order valence-corrected chi connectivity index (χ2v) is 5.46. The lowest BCUT2D eigenvalue weighted by Crippen LogP contribution is -2.19. The van der Waals surface area contributed by atoms with Crippen molar-refractivity contribution in [2.24, 2.45) is 0 Å². The number of aromatic nitrogens is 2. The van der Waals surface area contributed by atoms with Crippen LogP contribution in [-0.4, -0.2) is 29.2 Å². The molecule has 1 aromatic carbocycles. The maximum Gasteiger partial charge on any atom is 0.229 e. The lowest BCUT2D eigenvalue weighted by molar-refractivity contribution is 0.120. The summed E-state index contributed by atoms with van der Waals surface area (Å²) in [6.45, 7) is 3.81. The van der Waals surface area contributed by atoms with E-state index in [0.29, 0.717) is 12.1 Å². The highest BCUT2D eigenvalue weighted by Crippen LogP contribution is 2.16. The summed E-state index contributed by atoms with van der Waals surface area (Å²) in [6, 6.07) is 10.2. The zero-order chi connectivity index (χ0) is 15.2. The van der Waals surface area contributed by atoms with Crippen LogP contribution in [0.5, 0.6) is 0 Å². The van der Waals surface area contributed by atoms with Crippen molar-refractivity contribution >= 4 is 17.5 Å². The monoisotopic (exact) mass is 298 g/mol. The summed E-state index contributed by atoms with van der Waals surface area (Å²) in [6.07, 6.45) is 5.37. The Bertz CT molecular complexity index is 594. The molecule has 0 saturated carbocycles. The summed E-state index contributed by atoms with van der Waals surface area (Å²) >= 11 is 0. The normalized spacial score (nSPS) is 17.4. The highest BCUT2D eigenvalue weighted by atomic mass is 16.5. The first-order valence-corrected chi connectivity index (χ1v) is 7.88. The van der Waals surface area contributed by atoms with E-state index in [4.69, 9.17) is 4.74 Å². The van der Waals surface area contributed by atoms with Crippen LogP contribution in [-0.2, 0) is 11.2 Å². The van der Waals surface area contributed by atoms with Gasteiger partial charge in [-0.1, -0.05) is 19.1 Å². The van der Waals surface area contributed by atoms with E-state index in [2.05, 4.69) is 51.8 Å². The van der Waals surface area contributed by atoms with E-state index in [0.717, 1.165) is 43.9 Å². The summed E-state index contributed by atoms with van der Waals surface area (Å²) in [4.78, 5) is 8.75. The molecule has 2 aromatic rings. The number of ether oxygens (including phenoxy) is 1. The van der Waals surface area contributed by atoms with Crippen LogP contribution in [0.4, 0.5) is 17.5 Å². The van der Waals surface area contributed by atoms with Gasteiger partial charge in [0.05, 0.1) is 6.10 Å². The molecular weight excluding hydrogens is 276 g/mol. The summed E-state index contributed by atoms with van der Waals surface area (Å²) in [5, 5.41) is 6.54. The zero-order valence-corrected chi connectivity index (χ0v) is 12.9. The first kappa shape index (κ1) is 14.8. The SMILES string of the molecule is CCc1ccc(Nc2nccc(NCC3CCCO3)n2)cc1. The molecule has 2 heterocycles. The molecule has 0 amide bonds. The fraction of sp³-hybridized carbons (Fsp3) is 0.412. The van der Waals surface area contributed by atoms with Gasteiger partial charge in [-0.25, -0.2) is 4.98 Å². The Kier molecular flexibility index (Phi) is 4.85. The van der Waals surface area contributed by atoms with E-state index in [1.165, 1.54) is 5.56 Å². The zero-order valence-electron chi connectivity index (χ0n) is 12.9. The number of aryl methyl sites for hydroxylation is 1. The Morgan fingerprint density at radius 3 is 2.82 bits per heavy atom. The lowest BCUT2D eigenvalue weighted by Gasteiger charge is -2.12. The molecule has 1 aliphatic heterocycles. The Morgan fingerprint density at radius 1 is 1.23 bits per heavy atom. The third kappa shape index (κ3) is 3.95. The minimum Gasteiger partial charge on any atom is -0.376 e. The third-order valence-corrected chi connectivity index (χ3v) is 3.81. The van der Waals surface area contributed by atoms with Crippen LogP contribution < -0.4 is 10.6 Å². The van der Waals surface area contributed by atoms with Crippen LogP contribution >= 0.6 is 0 Å². The van der Waals surface area contributed by atoms with E-state index < -0.39 is 0 Å². The fourth-order valence-corrected chi connectivity index (χ4v) is 2.49. The van der Waals surface area contributed by atoms with Crippen molar-refractivity contribution in [1.82, 2.24) is 9.97 Å². The average molecular weight is 298 g/mol. The first-order chi connectivity index (χ1) is 10.8. The van der Waals surface area contributed by atoms with Gasteiger partial charge in [0.2, 0.25) is 5.95 Å². The minimum absolute atomic E-state index is 0.299. The lowest BCUT2D eigenvalue weighted by atomic mass is 10.1. The summed E-state index contributed by atoms with van der Waals surface area (Å²) < 4.78 is 5.60. The van der Waals surface area contributed by atoms with Crippen molar-refractivity contribution in [3.8, 4) is 0 Å². The van der Waals surface area contributed by atoms with Gasteiger partial charge >= 0.3 is 0 Å². The second-order valence-electron chi connectivity index (χ2n) is 5.46. The van der Waals surface area contributed by atoms with Crippen LogP contribution in [0.2, 0.25) is 0 Å². The Balaban J connectivity index is 1.59.